The Kier molecular flexibility index (Phi) is 4.58. The van der Waals surface area contributed by atoms with E-state index in [4.69, 9.17) is 10.0 Å². The molecular weight excluding hydrogens is 176 g/mol. The van der Waals surface area contributed by atoms with Gasteiger partial charge in [-0.3, -0.25) is 0 Å². The van der Waals surface area contributed by atoms with Gasteiger partial charge in [-0.25, -0.2) is 4.39 Å². The highest BCUT2D eigenvalue weighted by molar-refractivity contribution is 6.32. The van der Waals surface area contributed by atoms with Crippen molar-refractivity contribution in [3.8, 4) is 0 Å². The Bertz CT molecular complexity index is 133. The minimum Gasteiger partial charge on any atom is -0.402 e. The predicted octanol–water partition coefficient (Wildman–Crippen LogP) is 0.704. The van der Waals surface area contributed by atoms with Crippen molar-refractivity contribution in [2.45, 2.75) is 32.0 Å². The zero-order chi connectivity index (χ0) is 9.78. The van der Waals surface area contributed by atoms with Crippen LogP contribution in [-0.2, 0) is 4.65 Å². The molecule has 0 saturated carbocycles. The third-order valence-electron chi connectivity index (χ3n) is 1.17. The molecule has 0 bridgehead atoms. The molecule has 12 heavy (non-hydrogen) atoms. The number of halogens is 3. The van der Waals surface area contributed by atoms with Gasteiger partial charge in [-0.2, -0.15) is 8.78 Å². The first-order valence-electron chi connectivity index (χ1n) is 3.46. The Morgan fingerprint density at radius 1 is 1.50 bits per heavy atom. The van der Waals surface area contributed by atoms with Crippen LogP contribution in [0.1, 0.15) is 19.8 Å². The van der Waals surface area contributed by atoms with E-state index in [-0.39, 0.29) is 12.8 Å². The number of hydrogen-bond donors (Lipinski definition) is 2. The molecule has 0 heterocycles. The standard InChI is InChI=1S/C5H10BF3O3/c1-2-3-4(7)5(8,9)12-6(10)11/h4,10-11H,2-3H2,1H3. The highest BCUT2D eigenvalue weighted by Crippen LogP contribution is 2.26. The number of hydrogen-bond acceptors (Lipinski definition) is 3. The summed E-state index contributed by atoms with van der Waals surface area (Å²) in [5.41, 5.74) is 0. The third kappa shape index (κ3) is 3.94. The van der Waals surface area contributed by atoms with Crippen LogP contribution in [0.2, 0.25) is 0 Å². The van der Waals surface area contributed by atoms with Crippen molar-refractivity contribution in [3.63, 3.8) is 0 Å². The summed E-state index contributed by atoms with van der Waals surface area (Å²) >= 11 is 0. The van der Waals surface area contributed by atoms with E-state index in [1.165, 1.54) is 6.92 Å². The van der Waals surface area contributed by atoms with E-state index in [1.807, 2.05) is 0 Å². The summed E-state index contributed by atoms with van der Waals surface area (Å²) in [5.74, 6) is 0. The highest BCUT2D eigenvalue weighted by atomic mass is 19.3. The maximum atomic E-state index is 12.4. The summed E-state index contributed by atoms with van der Waals surface area (Å²) < 4.78 is 40.4. The topological polar surface area (TPSA) is 49.7 Å². The van der Waals surface area contributed by atoms with Gasteiger partial charge in [0.1, 0.15) is 0 Å². The van der Waals surface area contributed by atoms with Crippen LogP contribution >= 0.6 is 0 Å². The minimum atomic E-state index is -4.13. The van der Waals surface area contributed by atoms with Gasteiger partial charge in [0.15, 0.2) is 6.17 Å². The van der Waals surface area contributed by atoms with Crippen LogP contribution in [0.15, 0.2) is 0 Å². The predicted molar refractivity (Wildman–Crippen MR) is 36.0 cm³/mol. The largest absolute Gasteiger partial charge is 0.638 e. The average molecular weight is 186 g/mol. The zero-order valence-corrected chi connectivity index (χ0v) is 6.51. The molecule has 2 N–H and O–H groups in total. The van der Waals surface area contributed by atoms with Crippen LogP contribution in [0.25, 0.3) is 0 Å². The van der Waals surface area contributed by atoms with Crippen LogP contribution < -0.4 is 0 Å². The molecule has 0 spiro atoms. The molecule has 3 nitrogen and oxygen atoms in total. The van der Waals surface area contributed by atoms with E-state index in [9.17, 15) is 13.2 Å². The van der Waals surface area contributed by atoms with Gasteiger partial charge in [0.25, 0.3) is 0 Å². The molecule has 0 aliphatic rings. The molecule has 0 aromatic heterocycles. The van der Waals surface area contributed by atoms with Gasteiger partial charge >= 0.3 is 13.4 Å². The Morgan fingerprint density at radius 2 is 2.00 bits per heavy atom. The van der Waals surface area contributed by atoms with Crippen LogP contribution in [-0.4, -0.2) is 29.6 Å². The van der Waals surface area contributed by atoms with Crippen molar-refractivity contribution in [1.82, 2.24) is 0 Å². The van der Waals surface area contributed by atoms with Crippen molar-refractivity contribution < 1.29 is 27.9 Å². The van der Waals surface area contributed by atoms with Crippen molar-refractivity contribution in [3.05, 3.63) is 0 Å². The molecule has 72 valence electrons. The Morgan fingerprint density at radius 3 is 2.33 bits per heavy atom. The Hall–Kier alpha value is -0.265. The van der Waals surface area contributed by atoms with Gasteiger partial charge in [0.05, 0.1) is 0 Å². The van der Waals surface area contributed by atoms with Crippen molar-refractivity contribution >= 4 is 7.32 Å². The van der Waals surface area contributed by atoms with E-state index >= 15 is 0 Å². The summed E-state index contributed by atoms with van der Waals surface area (Å²) in [7, 11) is -2.66. The zero-order valence-electron chi connectivity index (χ0n) is 6.51. The first kappa shape index (κ1) is 11.7. The molecule has 0 aromatic carbocycles. The van der Waals surface area contributed by atoms with Crippen LogP contribution in [0, 0.1) is 0 Å². The second-order valence-electron chi connectivity index (χ2n) is 2.26. The molecule has 1 unspecified atom stereocenters. The molecule has 0 fully saturated rings. The van der Waals surface area contributed by atoms with Crippen LogP contribution in [0.4, 0.5) is 13.2 Å². The van der Waals surface area contributed by atoms with Gasteiger partial charge in [-0.1, -0.05) is 13.3 Å². The van der Waals surface area contributed by atoms with Crippen LogP contribution in [0.5, 0.6) is 0 Å². The highest BCUT2D eigenvalue weighted by Gasteiger charge is 2.43. The quantitative estimate of drug-likeness (QED) is 0.621. The van der Waals surface area contributed by atoms with Gasteiger partial charge in [0.2, 0.25) is 0 Å². The Labute approximate surface area is 68.3 Å². The summed E-state index contributed by atoms with van der Waals surface area (Å²) in [5, 5.41) is 16.0. The SMILES string of the molecule is CCCC(F)C(F)(F)OB(O)O. The minimum absolute atomic E-state index is 0.224. The fourth-order valence-electron chi connectivity index (χ4n) is 0.636. The molecule has 1 atom stereocenters. The van der Waals surface area contributed by atoms with E-state index in [1.54, 1.807) is 0 Å². The van der Waals surface area contributed by atoms with Gasteiger partial charge in [-0.05, 0) is 6.42 Å². The van der Waals surface area contributed by atoms with Crippen molar-refractivity contribution in [1.29, 1.82) is 0 Å². The summed E-state index contributed by atoms with van der Waals surface area (Å²) in [6, 6.07) is 0. The molecule has 0 saturated heterocycles. The normalized spacial score (nSPS) is 14.5. The molecule has 7 heteroatoms. The lowest BCUT2D eigenvalue weighted by Gasteiger charge is -2.19. The maximum Gasteiger partial charge on any atom is 0.638 e. The molecule has 0 aliphatic carbocycles. The first-order chi connectivity index (χ1) is 5.40. The first-order valence-corrected chi connectivity index (χ1v) is 3.46. The fraction of sp³-hybridized carbons (Fsp3) is 1.00. The molecule has 0 aliphatic heterocycles. The smallest absolute Gasteiger partial charge is 0.402 e. The van der Waals surface area contributed by atoms with Gasteiger partial charge in [0, 0.05) is 0 Å². The Balaban J connectivity index is 3.99. The monoisotopic (exact) mass is 186 g/mol. The fourth-order valence-corrected chi connectivity index (χ4v) is 0.636. The van der Waals surface area contributed by atoms with Crippen molar-refractivity contribution in [2.75, 3.05) is 0 Å². The van der Waals surface area contributed by atoms with Gasteiger partial charge < -0.3 is 14.7 Å². The lowest BCUT2D eigenvalue weighted by molar-refractivity contribution is -0.236. The molecular formula is C5H10BF3O3. The third-order valence-corrected chi connectivity index (χ3v) is 1.17. The van der Waals surface area contributed by atoms with E-state index in [2.05, 4.69) is 4.65 Å². The van der Waals surface area contributed by atoms with E-state index in [0.29, 0.717) is 0 Å². The lowest BCUT2D eigenvalue weighted by Crippen LogP contribution is -2.39. The maximum absolute atomic E-state index is 12.4. The summed E-state index contributed by atoms with van der Waals surface area (Å²) in [4.78, 5) is 0. The molecule has 0 aromatic rings. The number of alkyl halides is 3. The summed E-state index contributed by atoms with van der Waals surface area (Å²) in [6.07, 6.45) is -6.81. The van der Waals surface area contributed by atoms with Crippen molar-refractivity contribution in [2.24, 2.45) is 0 Å². The van der Waals surface area contributed by atoms with Crippen LogP contribution in [0.3, 0.4) is 0 Å². The molecule has 0 amide bonds. The second-order valence-corrected chi connectivity index (χ2v) is 2.26. The second kappa shape index (κ2) is 4.69. The van der Waals surface area contributed by atoms with E-state index < -0.39 is 19.6 Å². The molecule has 0 rings (SSSR count). The molecule has 0 radical (unpaired) electrons. The lowest BCUT2D eigenvalue weighted by atomic mass is 10.2. The van der Waals surface area contributed by atoms with E-state index in [0.717, 1.165) is 0 Å². The average Bonchev–Trinajstić information content (AvgIpc) is 1.85. The number of rotatable bonds is 5. The summed E-state index contributed by atoms with van der Waals surface area (Å²) in [6.45, 7) is 1.53. The van der Waals surface area contributed by atoms with Gasteiger partial charge in [-0.15, -0.1) is 0 Å².